The second kappa shape index (κ2) is 7.79. The molecule has 0 amide bonds. The Morgan fingerprint density at radius 2 is 1.50 bits per heavy atom. The van der Waals surface area contributed by atoms with E-state index in [0.717, 1.165) is 39.4 Å². The molecule has 1 heterocycles. The van der Waals surface area contributed by atoms with Crippen LogP contribution in [0.5, 0.6) is 0 Å². The van der Waals surface area contributed by atoms with Gasteiger partial charge in [0.1, 0.15) is 26.2 Å². The van der Waals surface area contributed by atoms with Gasteiger partial charge in [-0.05, 0) is 12.1 Å². The van der Waals surface area contributed by atoms with Crippen molar-refractivity contribution in [1.82, 2.24) is 0 Å². The topological polar surface area (TPSA) is 41.3 Å². The molecular weight excluding hydrogens is 292 g/mol. The maximum Gasteiger partial charge on any atom is 0.104 e. The number of quaternary nitrogens is 2. The first-order valence-corrected chi connectivity index (χ1v) is 8.72. The molecule has 1 aliphatic rings. The average molecular weight is 316 g/mol. The smallest absolute Gasteiger partial charge is 0.104 e. The molecule has 1 aliphatic heterocycles. The molecule has 4 N–H and O–H groups in total. The van der Waals surface area contributed by atoms with E-state index in [9.17, 15) is 0 Å². The van der Waals surface area contributed by atoms with Crippen molar-refractivity contribution in [3.05, 3.63) is 59.7 Å². The minimum atomic E-state index is 0.833. The summed E-state index contributed by atoms with van der Waals surface area (Å²) in [6.45, 7) is 5.89. The first-order valence-electron chi connectivity index (χ1n) is 7.91. The molecule has 0 saturated carbocycles. The zero-order valence-corrected chi connectivity index (χ0v) is 13.7. The minimum Gasteiger partial charge on any atom is -0.370 e. The Bertz CT molecular complexity index is 612. The third-order valence-corrected chi connectivity index (χ3v) is 5.31. The molecule has 3 rings (SSSR count). The lowest BCUT2D eigenvalue weighted by molar-refractivity contribution is -0.921. The minimum absolute atomic E-state index is 0.833. The van der Waals surface area contributed by atoms with Crippen molar-refractivity contribution in [3.63, 3.8) is 0 Å². The van der Waals surface area contributed by atoms with Crippen LogP contribution in [0.1, 0.15) is 11.1 Å². The summed E-state index contributed by atoms with van der Waals surface area (Å²) in [7, 11) is 0. The Morgan fingerprint density at radius 1 is 0.909 bits per heavy atom. The fourth-order valence-electron chi connectivity index (χ4n) is 2.78. The Morgan fingerprint density at radius 3 is 2.18 bits per heavy atom. The van der Waals surface area contributed by atoms with Gasteiger partial charge in [-0.15, -0.1) is 0 Å². The molecule has 0 atom stereocenters. The molecule has 0 aromatic heterocycles. The quantitative estimate of drug-likeness (QED) is 0.864. The number of rotatable bonds is 5. The first kappa shape index (κ1) is 15.6. The van der Waals surface area contributed by atoms with Gasteiger partial charge >= 0.3 is 0 Å². The van der Waals surface area contributed by atoms with Crippen LogP contribution in [-0.4, -0.2) is 26.3 Å². The van der Waals surface area contributed by atoms with Gasteiger partial charge in [0.15, 0.2) is 0 Å². The van der Waals surface area contributed by atoms with Gasteiger partial charge in [0.05, 0.1) is 13.2 Å². The van der Waals surface area contributed by atoms with E-state index in [1.54, 1.807) is 4.90 Å². The van der Waals surface area contributed by atoms with Gasteiger partial charge in [0.25, 0.3) is 0 Å². The lowest BCUT2D eigenvalue weighted by Gasteiger charge is -2.24. The second-order valence-electron chi connectivity index (χ2n) is 5.61. The molecule has 116 valence electrons. The highest BCUT2D eigenvalue weighted by molar-refractivity contribution is 7.99. The van der Waals surface area contributed by atoms with E-state index in [0.29, 0.717) is 0 Å². The van der Waals surface area contributed by atoms with Crippen molar-refractivity contribution >= 4 is 11.8 Å². The van der Waals surface area contributed by atoms with Crippen molar-refractivity contribution in [3.8, 4) is 0 Å². The maximum atomic E-state index is 5.46. The number of ether oxygens (including phenoxy) is 1. The summed E-state index contributed by atoms with van der Waals surface area (Å²) in [5, 5.41) is 0. The van der Waals surface area contributed by atoms with E-state index < -0.39 is 0 Å². The summed E-state index contributed by atoms with van der Waals surface area (Å²) in [6.07, 6.45) is 0. The first-order chi connectivity index (χ1) is 10.9. The predicted octanol–water partition coefficient (Wildman–Crippen LogP) is 0.995. The zero-order valence-electron chi connectivity index (χ0n) is 12.9. The van der Waals surface area contributed by atoms with Crippen molar-refractivity contribution in [2.45, 2.75) is 22.9 Å². The van der Waals surface area contributed by atoms with Crippen LogP contribution in [0.3, 0.4) is 0 Å². The van der Waals surface area contributed by atoms with Crippen LogP contribution >= 0.6 is 11.8 Å². The van der Waals surface area contributed by atoms with Gasteiger partial charge in [0.2, 0.25) is 0 Å². The molecule has 1 saturated heterocycles. The maximum absolute atomic E-state index is 5.46. The normalized spacial score (nSPS) is 15.9. The molecule has 2 aromatic rings. The lowest BCUT2D eigenvalue weighted by atomic mass is 10.2. The van der Waals surface area contributed by atoms with Crippen molar-refractivity contribution in [1.29, 1.82) is 0 Å². The standard InChI is InChI=1S/C18H22N2OS/c19-13-15-5-1-3-7-17(15)22-18-8-4-2-6-16(18)14-20-9-11-21-12-10-20/h1-8H,9-14,19H2/p+2. The molecule has 2 aromatic carbocycles. The summed E-state index contributed by atoms with van der Waals surface area (Å²) in [5.74, 6) is 0. The highest BCUT2D eigenvalue weighted by Crippen LogP contribution is 2.32. The van der Waals surface area contributed by atoms with E-state index in [-0.39, 0.29) is 0 Å². The molecule has 4 heteroatoms. The molecule has 0 bridgehead atoms. The lowest BCUT2D eigenvalue weighted by Crippen LogP contribution is -3.12. The Balaban J connectivity index is 1.78. The van der Waals surface area contributed by atoms with Crippen LogP contribution in [0.15, 0.2) is 58.3 Å². The predicted molar refractivity (Wildman–Crippen MR) is 88.8 cm³/mol. The van der Waals surface area contributed by atoms with E-state index in [4.69, 9.17) is 4.74 Å². The number of nitrogens with one attached hydrogen (secondary N) is 1. The summed E-state index contributed by atoms with van der Waals surface area (Å²) in [5.41, 5.74) is 6.80. The number of hydrogen-bond donors (Lipinski definition) is 2. The van der Waals surface area contributed by atoms with E-state index in [1.165, 1.54) is 20.9 Å². The van der Waals surface area contributed by atoms with Gasteiger partial charge in [0, 0.05) is 20.9 Å². The van der Waals surface area contributed by atoms with Gasteiger partial charge in [-0.25, -0.2) is 0 Å². The van der Waals surface area contributed by atoms with Gasteiger partial charge in [-0.1, -0.05) is 48.2 Å². The van der Waals surface area contributed by atoms with Gasteiger partial charge in [-0.2, -0.15) is 0 Å². The average Bonchev–Trinajstić information content (AvgIpc) is 2.58. The largest absolute Gasteiger partial charge is 0.370 e. The second-order valence-corrected chi connectivity index (χ2v) is 6.69. The molecule has 0 aliphatic carbocycles. The molecule has 3 nitrogen and oxygen atoms in total. The van der Waals surface area contributed by atoms with Crippen LogP contribution in [0.25, 0.3) is 0 Å². The van der Waals surface area contributed by atoms with Crippen LogP contribution in [0.4, 0.5) is 0 Å². The van der Waals surface area contributed by atoms with Crippen LogP contribution < -0.4 is 10.6 Å². The Hall–Kier alpha value is -1.33. The molecule has 0 radical (unpaired) electrons. The zero-order chi connectivity index (χ0) is 15.2. The summed E-state index contributed by atoms with van der Waals surface area (Å²) in [6, 6.07) is 17.3. The number of hydrogen-bond acceptors (Lipinski definition) is 2. The van der Waals surface area contributed by atoms with E-state index >= 15 is 0 Å². The number of morpholine rings is 1. The van der Waals surface area contributed by atoms with E-state index in [2.05, 4.69) is 54.3 Å². The summed E-state index contributed by atoms with van der Waals surface area (Å²) in [4.78, 5) is 4.30. The van der Waals surface area contributed by atoms with Gasteiger partial charge in [-0.3, -0.25) is 0 Å². The number of benzene rings is 2. The molecule has 22 heavy (non-hydrogen) atoms. The van der Waals surface area contributed by atoms with Crippen LogP contribution in [0.2, 0.25) is 0 Å². The van der Waals surface area contributed by atoms with E-state index in [1.807, 2.05) is 11.8 Å². The molecular formula is C18H24N2OS+2. The fraction of sp³-hybridized carbons (Fsp3) is 0.333. The highest BCUT2D eigenvalue weighted by atomic mass is 32.2. The molecule has 0 spiro atoms. The van der Waals surface area contributed by atoms with Crippen molar-refractivity contribution in [2.75, 3.05) is 26.3 Å². The molecule has 0 unspecified atom stereocenters. The monoisotopic (exact) mass is 316 g/mol. The SMILES string of the molecule is [NH3+]Cc1ccccc1Sc1ccccc1C[NH+]1CCOCC1. The van der Waals surface area contributed by atoms with Gasteiger partial charge < -0.3 is 15.4 Å². The summed E-state index contributed by atoms with van der Waals surface area (Å²) < 4.78 is 5.46. The third-order valence-electron chi connectivity index (χ3n) is 4.07. The Kier molecular flexibility index (Phi) is 5.51. The molecule has 1 fully saturated rings. The highest BCUT2D eigenvalue weighted by Gasteiger charge is 2.16. The Labute approximate surface area is 136 Å². The third kappa shape index (κ3) is 3.90. The summed E-state index contributed by atoms with van der Waals surface area (Å²) >= 11 is 1.87. The van der Waals surface area contributed by atoms with Crippen LogP contribution in [0, 0.1) is 0 Å². The van der Waals surface area contributed by atoms with Crippen molar-refractivity contribution < 1.29 is 15.4 Å². The van der Waals surface area contributed by atoms with Crippen molar-refractivity contribution in [2.24, 2.45) is 0 Å². The van der Waals surface area contributed by atoms with Crippen LogP contribution in [-0.2, 0) is 17.8 Å². The fourth-order valence-corrected chi connectivity index (χ4v) is 3.89.